The zero-order valence-electron chi connectivity index (χ0n) is 13.4. The average molecular weight is 339 g/mol. The van der Waals surface area contributed by atoms with Crippen LogP contribution in [-0.4, -0.2) is 9.78 Å². The van der Waals surface area contributed by atoms with E-state index in [0.29, 0.717) is 28.7 Å². The van der Waals surface area contributed by atoms with Gasteiger partial charge in [0.15, 0.2) is 0 Å². The molecule has 1 aromatic heterocycles. The SMILES string of the molecule is CCn1nc(-c2ccccc2)c(/C(Cl)=C(\N)c2ccccc2)c1N. The van der Waals surface area contributed by atoms with E-state index in [1.807, 2.05) is 67.6 Å². The molecule has 1 heterocycles. The van der Waals surface area contributed by atoms with Gasteiger partial charge in [0.05, 0.1) is 16.3 Å². The summed E-state index contributed by atoms with van der Waals surface area (Å²) in [4.78, 5) is 0. The van der Waals surface area contributed by atoms with E-state index in [2.05, 4.69) is 5.10 Å². The van der Waals surface area contributed by atoms with Crippen molar-refractivity contribution in [3.8, 4) is 11.3 Å². The van der Waals surface area contributed by atoms with Crippen molar-refractivity contribution in [3.63, 3.8) is 0 Å². The third-order valence-electron chi connectivity index (χ3n) is 3.88. The number of halogens is 1. The second-order valence-corrected chi connectivity index (χ2v) is 5.76. The summed E-state index contributed by atoms with van der Waals surface area (Å²) < 4.78 is 1.73. The Morgan fingerprint density at radius 2 is 1.62 bits per heavy atom. The Morgan fingerprint density at radius 3 is 2.21 bits per heavy atom. The fraction of sp³-hybridized carbons (Fsp3) is 0.105. The first-order valence-electron chi connectivity index (χ1n) is 7.76. The first-order valence-corrected chi connectivity index (χ1v) is 8.14. The average Bonchev–Trinajstić information content (AvgIpc) is 2.98. The number of nitrogen functional groups attached to an aromatic ring is 1. The number of hydrogen-bond acceptors (Lipinski definition) is 3. The molecule has 0 aliphatic carbocycles. The zero-order chi connectivity index (χ0) is 17.1. The summed E-state index contributed by atoms with van der Waals surface area (Å²) in [5, 5.41) is 5.03. The molecule has 3 aromatic rings. The Labute approximate surface area is 146 Å². The molecule has 24 heavy (non-hydrogen) atoms. The number of nitrogens with two attached hydrogens (primary N) is 2. The van der Waals surface area contributed by atoms with Gasteiger partial charge in [-0.2, -0.15) is 5.10 Å². The van der Waals surface area contributed by atoms with Gasteiger partial charge in [-0.05, 0) is 12.5 Å². The second-order valence-electron chi connectivity index (χ2n) is 5.38. The molecule has 0 atom stereocenters. The minimum atomic E-state index is 0.414. The van der Waals surface area contributed by atoms with Crippen LogP contribution in [0.15, 0.2) is 60.7 Å². The summed E-state index contributed by atoms with van der Waals surface area (Å²) in [6.45, 7) is 2.64. The van der Waals surface area contributed by atoms with Crippen LogP contribution in [0.2, 0.25) is 0 Å². The van der Waals surface area contributed by atoms with Crippen LogP contribution in [0.1, 0.15) is 18.1 Å². The van der Waals surface area contributed by atoms with Crippen LogP contribution in [0.25, 0.3) is 22.0 Å². The van der Waals surface area contributed by atoms with Gasteiger partial charge in [0.2, 0.25) is 0 Å². The number of rotatable bonds is 4. The van der Waals surface area contributed by atoms with Gasteiger partial charge in [-0.3, -0.25) is 0 Å². The highest BCUT2D eigenvalue weighted by molar-refractivity contribution is 6.53. The molecular formula is C19H19ClN4. The van der Waals surface area contributed by atoms with E-state index in [1.165, 1.54) is 0 Å². The molecule has 0 radical (unpaired) electrons. The highest BCUT2D eigenvalue weighted by Crippen LogP contribution is 2.37. The lowest BCUT2D eigenvalue weighted by molar-refractivity contribution is 0.672. The fourth-order valence-electron chi connectivity index (χ4n) is 2.61. The number of nitrogens with zero attached hydrogens (tertiary/aromatic N) is 2. The molecule has 5 heteroatoms. The topological polar surface area (TPSA) is 69.9 Å². The Hall–Kier alpha value is -2.72. The molecule has 4 nitrogen and oxygen atoms in total. The van der Waals surface area contributed by atoms with E-state index in [0.717, 1.165) is 16.8 Å². The van der Waals surface area contributed by atoms with E-state index in [4.69, 9.17) is 23.1 Å². The number of aromatic nitrogens is 2. The van der Waals surface area contributed by atoms with Crippen LogP contribution < -0.4 is 11.5 Å². The van der Waals surface area contributed by atoms with Crippen molar-refractivity contribution in [2.45, 2.75) is 13.5 Å². The van der Waals surface area contributed by atoms with Gasteiger partial charge in [-0.1, -0.05) is 72.3 Å². The van der Waals surface area contributed by atoms with Gasteiger partial charge in [-0.15, -0.1) is 0 Å². The molecule has 0 saturated carbocycles. The molecule has 0 amide bonds. The van der Waals surface area contributed by atoms with Gasteiger partial charge in [0.25, 0.3) is 0 Å². The second kappa shape index (κ2) is 6.81. The first-order chi connectivity index (χ1) is 11.6. The van der Waals surface area contributed by atoms with Gasteiger partial charge in [-0.25, -0.2) is 4.68 Å². The highest BCUT2D eigenvalue weighted by Gasteiger charge is 2.21. The van der Waals surface area contributed by atoms with Crippen LogP contribution in [0.3, 0.4) is 0 Å². The number of hydrogen-bond donors (Lipinski definition) is 2. The molecule has 0 unspecified atom stereocenters. The largest absolute Gasteiger partial charge is 0.397 e. The number of benzene rings is 2. The lowest BCUT2D eigenvalue weighted by atomic mass is 10.0. The molecule has 0 aliphatic rings. The molecule has 122 valence electrons. The summed E-state index contributed by atoms with van der Waals surface area (Å²) in [5.74, 6) is 0.514. The lowest BCUT2D eigenvalue weighted by Crippen LogP contribution is -2.04. The minimum Gasteiger partial charge on any atom is -0.397 e. The van der Waals surface area contributed by atoms with Crippen molar-refractivity contribution in [2.75, 3.05) is 5.73 Å². The maximum atomic E-state index is 6.64. The maximum Gasteiger partial charge on any atom is 0.131 e. The molecular weight excluding hydrogens is 320 g/mol. The van der Waals surface area contributed by atoms with Crippen molar-refractivity contribution in [3.05, 3.63) is 71.8 Å². The van der Waals surface area contributed by atoms with Gasteiger partial charge < -0.3 is 11.5 Å². The van der Waals surface area contributed by atoms with E-state index in [9.17, 15) is 0 Å². The van der Waals surface area contributed by atoms with Crippen molar-refractivity contribution in [1.82, 2.24) is 9.78 Å². The molecule has 3 rings (SSSR count). The summed E-state index contributed by atoms with van der Waals surface area (Å²) in [7, 11) is 0. The molecule has 0 bridgehead atoms. The zero-order valence-corrected chi connectivity index (χ0v) is 14.2. The molecule has 0 saturated heterocycles. The van der Waals surface area contributed by atoms with Crippen molar-refractivity contribution >= 4 is 28.1 Å². The van der Waals surface area contributed by atoms with E-state index >= 15 is 0 Å². The minimum absolute atomic E-state index is 0.414. The fourth-order valence-corrected chi connectivity index (χ4v) is 2.91. The van der Waals surface area contributed by atoms with E-state index in [1.54, 1.807) is 4.68 Å². The molecule has 4 N–H and O–H groups in total. The lowest BCUT2D eigenvalue weighted by Gasteiger charge is -2.08. The van der Waals surface area contributed by atoms with Gasteiger partial charge >= 0.3 is 0 Å². The van der Waals surface area contributed by atoms with Gasteiger partial charge in [0, 0.05) is 12.1 Å². The summed E-state index contributed by atoms with van der Waals surface area (Å²) in [6, 6.07) is 19.4. The summed E-state index contributed by atoms with van der Waals surface area (Å²) >= 11 is 6.64. The quantitative estimate of drug-likeness (QED) is 0.749. The van der Waals surface area contributed by atoms with Crippen LogP contribution >= 0.6 is 11.6 Å². The predicted molar refractivity (Wildman–Crippen MR) is 101 cm³/mol. The Kier molecular flexibility index (Phi) is 4.58. The molecule has 0 fully saturated rings. The van der Waals surface area contributed by atoms with E-state index in [-0.39, 0.29) is 0 Å². The Balaban J connectivity index is 2.22. The van der Waals surface area contributed by atoms with Crippen molar-refractivity contribution < 1.29 is 0 Å². The van der Waals surface area contributed by atoms with Crippen molar-refractivity contribution in [2.24, 2.45) is 5.73 Å². The van der Waals surface area contributed by atoms with E-state index < -0.39 is 0 Å². The standard InChI is InChI=1S/C19H19ClN4/c1-2-24-19(22)15(18(23-24)14-11-7-4-8-12-14)16(20)17(21)13-9-5-3-6-10-13/h3-12H,2,21-22H2,1H3/b17-16+. The Bertz CT molecular complexity index is 867. The van der Waals surface area contributed by atoms with Gasteiger partial charge in [0.1, 0.15) is 11.5 Å². The molecule has 2 aromatic carbocycles. The van der Waals surface area contributed by atoms with Crippen LogP contribution in [0.4, 0.5) is 5.82 Å². The normalized spacial score (nSPS) is 12.1. The van der Waals surface area contributed by atoms with Crippen LogP contribution in [0.5, 0.6) is 0 Å². The molecule has 0 spiro atoms. The highest BCUT2D eigenvalue weighted by atomic mass is 35.5. The smallest absolute Gasteiger partial charge is 0.131 e. The third kappa shape index (κ3) is 2.88. The predicted octanol–water partition coefficient (Wildman–Crippen LogP) is 4.18. The summed E-state index contributed by atoms with van der Waals surface area (Å²) in [6.07, 6.45) is 0. The number of anilines is 1. The first kappa shape index (κ1) is 16.1. The Morgan fingerprint density at radius 1 is 1.04 bits per heavy atom. The van der Waals surface area contributed by atoms with Crippen molar-refractivity contribution in [1.29, 1.82) is 0 Å². The van der Waals surface area contributed by atoms with Crippen LogP contribution in [0, 0.1) is 0 Å². The van der Waals surface area contributed by atoms with Crippen LogP contribution in [-0.2, 0) is 6.54 Å². The third-order valence-corrected chi connectivity index (χ3v) is 4.27. The monoisotopic (exact) mass is 338 g/mol. The summed E-state index contributed by atoms with van der Waals surface area (Å²) in [5.41, 5.74) is 16.3. The molecule has 0 aliphatic heterocycles. The number of aryl methyl sites for hydroxylation is 1. The maximum absolute atomic E-state index is 6.64.